The van der Waals surface area contributed by atoms with Crippen LogP contribution in [0.5, 0.6) is 5.75 Å². The molecule has 1 atom stereocenters. The third-order valence-electron chi connectivity index (χ3n) is 4.70. The smallest absolute Gasteiger partial charge is 0.123 e. The Kier molecular flexibility index (Phi) is 4.69. The fraction of sp³-hybridized carbons (Fsp3) is 0.300. The van der Waals surface area contributed by atoms with Crippen LogP contribution in [0.25, 0.3) is 0 Å². The first-order valence-corrected chi connectivity index (χ1v) is 8.74. The lowest BCUT2D eigenvalue weighted by Crippen LogP contribution is -2.33. The van der Waals surface area contributed by atoms with Crippen molar-refractivity contribution in [3.8, 4) is 5.75 Å². The number of pyridine rings is 1. The molecule has 6 nitrogen and oxygen atoms in total. The molecule has 0 unspecified atom stereocenters. The van der Waals surface area contributed by atoms with E-state index < -0.39 is 6.10 Å². The number of fused-ring (bicyclic) bond motifs is 1. The number of nitrogens with zero attached hydrogens (tertiary/aromatic N) is 4. The van der Waals surface area contributed by atoms with Gasteiger partial charge < -0.3 is 9.84 Å². The molecule has 3 heterocycles. The molecule has 3 aromatic rings. The van der Waals surface area contributed by atoms with E-state index in [2.05, 4.69) is 15.0 Å². The van der Waals surface area contributed by atoms with E-state index in [1.54, 1.807) is 13.3 Å². The zero-order valence-electron chi connectivity index (χ0n) is 14.7. The molecule has 0 amide bonds. The maximum atomic E-state index is 10.6. The third kappa shape index (κ3) is 3.47. The summed E-state index contributed by atoms with van der Waals surface area (Å²) in [6.07, 6.45) is 1.08. The van der Waals surface area contributed by atoms with Crippen molar-refractivity contribution in [3.63, 3.8) is 0 Å². The fourth-order valence-corrected chi connectivity index (χ4v) is 3.32. The van der Waals surface area contributed by atoms with Crippen LogP contribution in [0, 0.1) is 0 Å². The first-order valence-electron chi connectivity index (χ1n) is 8.74. The molecule has 26 heavy (non-hydrogen) atoms. The fourth-order valence-electron chi connectivity index (χ4n) is 3.32. The number of ether oxygens (including phenoxy) is 1. The van der Waals surface area contributed by atoms with Crippen molar-refractivity contribution in [1.29, 1.82) is 0 Å². The number of methoxy groups -OCH3 is 1. The number of aliphatic hydroxyl groups excluding tert-OH is 1. The van der Waals surface area contributed by atoms with E-state index >= 15 is 0 Å². The number of aromatic nitrogens is 3. The largest absolute Gasteiger partial charge is 0.497 e. The van der Waals surface area contributed by atoms with Crippen molar-refractivity contribution >= 4 is 0 Å². The second kappa shape index (κ2) is 7.27. The van der Waals surface area contributed by atoms with E-state index in [4.69, 9.17) is 4.74 Å². The Bertz CT molecular complexity index is 879. The molecular weight excluding hydrogens is 328 g/mol. The van der Waals surface area contributed by atoms with Crippen LogP contribution in [-0.4, -0.2) is 38.4 Å². The van der Waals surface area contributed by atoms with Crippen molar-refractivity contribution in [1.82, 2.24) is 19.7 Å². The van der Waals surface area contributed by atoms with Gasteiger partial charge >= 0.3 is 0 Å². The van der Waals surface area contributed by atoms with Crippen LogP contribution in [-0.2, 0) is 19.6 Å². The Labute approximate surface area is 152 Å². The van der Waals surface area contributed by atoms with Gasteiger partial charge in [0.05, 0.1) is 30.7 Å². The summed E-state index contributed by atoms with van der Waals surface area (Å²) in [5, 5.41) is 15.2. The van der Waals surface area contributed by atoms with Gasteiger partial charge in [-0.2, -0.15) is 5.10 Å². The normalized spacial score (nSPS) is 15.5. The van der Waals surface area contributed by atoms with Gasteiger partial charge in [-0.1, -0.05) is 30.3 Å². The molecule has 0 aliphatic carbocycles. The van der Waals surface area contributed by atoms with Crippen LogP contribution in [0.1, 0.15) is 28.7 Å². The topological polar surface area (TPSA) is 63.4 Å². The average Bonchev–Trinajstić information content (AvgIpc) is 3.11. The molecule has 1 aliphatic rings. The summed E-state index contributed by atoms with van der Waals surface area (Å²) in [5.74, 6) is 0.824. The van der Waals surface area contributed by atoms with Crippen LogP contribution in [0.4, 0.5) is 0 Å². The Hall–Kier alpha value is -2.70. The van der Waals surface area contributed by atoms with Crippen molar-refractivity contribution in [2.75, 3.05) is 13.7 Å². The SMILES string of the molecule is COc1ccnc(CN2CCn3nc([C@@H](O)c4ccccc4)cc3C2)c1. The minimum absolute atomic E-state index is 0.692. The van der Waals surface area contributed by atoms with Crippen molar-refractivity contribution < 1.29 is 9.84 Å². The summed E-state index contributed by atoms with van der Waals surface area (Å²) in [7, 11) is 1.66. The van der Waals surface area contributed by atoms with Crippen LogP contribution in [0.3, 0.4) is 0 Å². The predicted octanol–water partition coefficient (Wildman–Crippen LogP) is 2.38. The van der Waals surface area contributed by atoms with E-state index in [1.807, 2.05) is 53.2 Å². The number of hydrogen-bond donors (Lipinski definition) is 1. The number of aliphatic hydroxyl groups is 1. The first kappa shape index (κ1) is 16.8. The summed E-state index contributed by atoms with van der Waals surface area (Å²) in [6, 6.07) is 15.5. The van der Waals surface area contributed by atoms with Gasteiger partial charge in [-0.3, -0.25) is 14.6 Å². The second-order valence-corrected chi connectivity index (χ2v) is 6.49. The van der Waals surface area contributed by atoms with Crippen LogP contribution in [0.2, 0.25) is 0 Å². The highest BCUT2D eigenvalue weighted by molar-refractivity contribution is 5.27. The highest BCUT2D eigenvalue weighted by Crippen LogP contribution is 2.24. The van der Waals surface area contributed by atoms with Crippen molar-refractivity contribution in [2.45, 2.75) is 25.7 Å². The Balaban J connectivity index is 1.48. The van der Waals surface area contributed by atoms with Crippen LogP contribution >= 0.6 is 0 Å². The van der Waals surface area contributed by atoms with Gasteiger partial charge in [0.15, 0.2) is 0 Å². The van der Waals surface area contributed by atoms with Gasteiger partial charge in [-0.05, 0) is 17.7 Å². The van der Waals surface area contributed by atoms with Crippen molar-refractivity contribution in [2.24, 2.45) is 0 Å². The van der Waals surface area contributed by atoms with Crippen LogP contribution in [0.15, 0.2) is 54.7 Å². The molecule has 0 saturated carbocycles. The zero-order valence-corrected chi connectivity index (χ0v) is 14.7. The van der Waals surface area contributed by atoms with E-state index in [0.717, 1.165) is 48.9 Å². The number of rotatable bonds is 5. The molecule has 6 heteroatoms. The molecule has 1 aromatic carbocycles. The van der Waals surface area contributed by atoms with Gasteiger partial charge in [0, 0.05) is 31.9 Å². The quantitative estimate of drug-likeness (QED) is 0.765. The lowest BCUT2D eigenvalue weighted by Gasteiger charge is -2.27. The number of hydrogen-bond acceptors (Lipinski definition) is 5. The molecule has 0 spiro atoms. The average molecular weight is 350 g/mol. The monoisotopic (exact) mass is 350 g/mol. The Morgan fingerprint density at radius 1 is 1.15 bits per heavy atom. The zero-order chi connectivity index (χ0) is 17.9. The maximum Gasteiger partial charge on any atom is 0.123 e. The first-order chi connectivity index (χ1) is 12.7. The Morgan fingerprint density at radius 3 is 2.81 bits per heavy atom. The van der Waals surface area contributed by atoms with Gasteiger partial charge in [0.25, 0.3) is 0 Å². The summed E-state index contributed by atoms with van der Waals surface area (Å²) < 4.78 is 7.27. The molecule has 4 rings (SSSR count). The summed E-state index contributed by atoms with van der Waals surface area (Å²) in [5.41, 5.74) is 3.67. The van der Waals surface area contributed by atoms with Gasteiger partial charge in [-0.15, -0.1) is 0 Å². The highest BCUT2D eigenvalue weighted by Gasteiger charge is 2.22. The molecule has 1 aliphatic heterocycles. The minimum Gasteiger partial charge on any atom is -0.497 e. The van der Waals surface area contributed by atoms with Gasteiger partial charge in [0.2, 0.25) is 0 Å². The van der Waals surface area contributed by atoms with Crippen molar-refractivity contribution in [3.05, 3.63) is 77.4 Å². The highest BCUT2D eigenvalue weighted by atomic mass is 16.5. The molecule has 134 valence electrons. The number of benzene rings is 1. The third-order valence-corrected chi connectivity index (χ3v) is 4.70. The summed E-state index contributed by atoms with van der Waals surface area (Å²) >= 11 is 0. The van der Waals surface area contributed by atoms with Gasteiger partial charge in [0.1, 0.15) is 11.9 Å². The van der Waals surface area contributed by atoms with E-state index in [1.165, 1.54) is 0 Å². The van der Waals surface area contributed by atoms with Gasteiger partial charge in [-0.25, -0.2) is 0 Å². The van der Waals surface area contributed by atoms with E-state index in [9.17, 15) is 5.11 Å². The molecule has 0 saturated heterocycles. The molecule has 0 bridgehead atoms. The molecule has 0 fully saturated rings. The molecular formula is C20H22N4O2. The summed E-state index contributed by atoms with van der Waals surface area (Å²) in [6.45, 7) is 3.25. The second-order valence-electron chi connectivity index (χ2n) is 6.49. The standard InChI is InChI=1S/C20H22N4O2/c1-26-18-7-8-21-16(11-18)13-23-9-10-24-17(14-23)12-19(22-24)20(25)15-5-3-2-4-6-15/h2-8,11-12,20,25H,9-10,13-14H2,1H3/t20-/m0/s1. The molecule has 1 N–H and O–H groups in total. The van der Waals surface area contributed by atoms with Crippen LogP contribution < -0.4 is 4.74 Å². The lowest BCUT2D eigenvalue weighted by atomic mass is 10.1. The van der Waals surface area contributed by atoms with E-state index in [0.29, 0.717) is 5.69 Å². The summed E-state index contributed by atoms with van der Waals surface area (Å²) in [4.78, 5) is 6.76. The minimum atomic E-state index is -0.692. The molecule has 2 aromatic heterocycles. The Morgan fingerprint density at radius 2 is 2.00 bits per heavy atom. The maximum absolute atomic E-state index is 10.6. The molecule has 0 radical (unpaired) electrons. The van der Waals surface area contributed by atoms with E-state index in [-0.39, 0.29) is 0 Å². The lowest BCUT2D eigenvalue weighted by molar-refractivity contribution is 0.198. The predicted molar refractivity (Wildman–Crippen MR) is 97.6 cm³/mol.